The highest BCUT2D eigenvalue weighted by molar-refractivity contribution is 9.10. The van der Waals surface area contributed by atoms with Gasteiger partial charge in [-0.1, -0.05) is 46.6 Å². The molecule has 1 N–H and O–H groups in total. The Kier molecular flexibility index (Phi) is 11.5. The topological polar surface area (TPSA) is 96.0 Å². The first-order valence-corrected chi connectivity index (χ1v) is 14.6. The van der Waals surface area contributed by atoms with Crippen LogP contribution in [0.15, 0.2) is 46.9 Å². The largest absolute Gasteiger partial charge is 0.495 e. The molecule has 198 valence electrons. The van der Waals surface area contributed by atoms with Gasteiger partial charge in [0.25, 0.3) is 0 Å². The number of rotatable bonds is 13. The van der Waals surface area contributed by atoms with Gasteiger partial charge in [0.1, 0.15) is 11.8 Å². The zero-order valence-corrected chi connectivity index (χ0v) is 24.1. The second-order valence-electron chi connectivity index (χ2n) is 8.37. The van der Waals surface area contributed by atoms with Crippen LogP contribution < -0.4 is 14.4 Å². The van der Waals surface area contributed by atoms with Gasteiger partial charge < -0.3 is 15.0 Å². The number of amides is 2. The lowest BCUT2D eigenvalue weighted by Gasteiger charge is -2.29. The fraction of sp³-hybridized carbons (Fsp3) is 0.440. The van der Waals surface area contributed by atoms with Crippen molar-refractivity contribution in [1.82, 2.24) is 10.2 Å². The number of nitrogens with one attached hydrogen (secondary N) is 1. The minimum atomic E-state index is -3.62. The van der Waals surface area contributed by atoms with Gasteiger partial charge >= 0.3 is 0 Å². The number of carbonyl (C=O) groups is 2. The van der Waals surface area contributed by atoms with Gasteiger partial charge in [-0.2, -0.15) is 0 Å². The van der Waals surface area contributed by atoms with E-state index in [0.29, 0.717) is 18.0 Å². The minimum Gasteiger partial charge on any atom is -0.495 e. The number of halogens is 2. The number of ether oxygens (including phenoxy) is 1. The smallest absolute Gasteiger partial charge is 0.242 e. The van der Waals surface area contributed by atoms with Crippen molar-refractivity contribution < 1.29 is 22.7 Å². The van der Waals surface area contributed by atoms with Crippen LogP contribution in [0.3, 0.4) is 0 Å². The lowest BCUT2D eigenvalue weighted by molar-refractivity contribution is -0.140. The third-order valence-electron chi connectivity index (χ3n) is 5.56. The van der Waals surface area contributed by atoms with Crippen molar-refractivity contribution in [3.05, 3.63) is 57.5 Å². The standard InChI is InChI=1S/C25H33BrClN3O5S/c1-5-14-28-25(32)18(2)29(17-19-8-10-20(26)11-9-19)24(31)7-6-15-30(36(4,33)34)21-12-13-23(35-3)22(27)16-21/h8-13,16,18H,5-7,14-15,17H2,1-4H3,(H,28,32)/t18-/m1/s1. The Morgan fingerprint density at radius 2 is 1.83 bits per heavy atom. The maximum atomic E-state index is 13.3. The van der Waals surface area contributed by atoms with Gasteiger partial charge in [0.05, 0.1) is 24.1 Å². The number of methoxy groups -OCH3 is 1. The molecule has 2 aromatic carbocycles. The monoisotopic (exact) mass is 601 g/mol. The van der Waals surface area contributed by atoms with Gasteiger partial charge in [0.2, 0.25) is 21.8 Å². The SMILES string of the molecule is CCCNC(=O)[C@@H](C)N(Cc1ccc(Br)cc1)C(=O)CCCN(c1ccc(OC)c(Cl)c1)S(C)(=O)=O. The van der Waals surface area contributed by atoms with E-state index in [1.807, 2.05) is 31.2 Å². The van der Waals surface area contributed by atoms with E-state index in [1.165, 1.54) is 22.4 Å². The van der Waals surface area contributed by atoms with Crippen LogP contribution in [0.4, 0.5) is 5.69 Å². The maximum Gasteiger partial charge on any atom is 0.242 e. The maximum absolute atomic E-state index is 13.3. The fourth-order valence-corrected chi connectivity index (χ4v) is 5.05. The fourth-order valence-electron chi connectivity index (χ4n) is 3.58. The first-order chi connectivity index (χ1) is 17.0. The number of nitrogens with zero attached hydrogens (tertiary/aromatic N) is 2. The van der Waals surface area contributed by atoms with Gasteiger partial charge in [-0.05, 0) is 55.7 Å². The summed E-state index contributed by atoms with van der Waals surface area (Å²) in [6, 6.07) is 11.6. The Morgan fingerprint density at radius 3 is 2.39 bits per heavy atom. The Balaban J connectivity index is 2.17. The number of benzene rings is 2. The highest BCUT2D eigenvalue weighted by Crippen LogP contribution is 2.30. The summed E-state index contributed by atoms with van der Waals surface area (Å²) in [6.45, 7) is 4.52. The lowest BCUT2D eigenvalue weighted by Crippen LogP contribution is -2.47. The molecule has 8 nitrogen and oxygen atoms in total. The molecule has 0 saturated heterocycles. The molecular formula is C25H33BrClN3O5S. The Bertz CT molecular complexity index is 1140. The summed E-state index contributed by atoms with van der Waals surface area (Å²) >= 11 is 9.59. The molecule has 0 spiro atoms. The molecule has 36 heavy (non-hydrogen) atoms. The van der Waals surface area contributed by atoms with E-state index >= 15 is 0 Å². The molecule has 0 bridgehead atoms. The van der Waals surface area contributed by atoms with Crippen molar-refractivity contribution in [2.75, 3.05) is 30.8 Å². The number of carbonyl (C=O) groups excluding carboxylic acids is 2. The summed E-state index contributed by atoms with van der Waals surface area (Å²) < 4.78 is 32.2. The predicted molar refractivity (Wildman–Crippen MR) is 147 cm³/mol. The predicted octanol–water partition coefficient (Wildman–Crippen LogP) is 4.60. The molecule has 0 heterocycles. The van der Waals surface area contributed by atoms with Crippen LogP contribution >= 0.6 is 27.5 Å². The van der Waals surface area contributed by atoms with Gasteiger partial charge in [-0.3, -0.25) is 13.9 Å². The molecule has 1 atom stereocenters. The van der Waals surface area contributed by atoms with Gasteiger partial charge in [0, 0.05) is 30.5 Å². The molecule has 2 aromatic rings. The van der Waals surface area contributed by atoms with Crippen LogP contribution in [0, 0.1) is 0 Å². The van der Waals surface area contributed by atoms with Crippen molar-refractivity contribution >= 4 is 55.1 Å². The summed E-state index contributed by atoms with van der Waals surface area (Å²) in [5.74, 6) is -0.0332. The van der Waals surface area contributed by atoms with Gasteiger partial charge in [-0.25, -0.2) is 8.42 Å². The van der Waals surface area contributed by atoms with Crippen molar-refractivity contribution in [2.45, 2.75) is 45.7 Å². The average molecular weight is 603 g/mol. The van der Waals surface area contributed by atoms with E-state index in [1.54, 1.807) is 19.1 Å². The van der Waals surface area contributed by atoms with Gasteiger partial charge in [0.15, 0.2) is 0 Å². The van der Waals surface area contributed by atoms with Crippen LogP contribution in [0.1, 0.15) is 38.7 Å². The minimum absolute atomic E-state index is 0.0673. The lowest BCUT2D eigenvalue weighted by atomic mass is 10.1. The Labute approximate surface area is 227 Å². The zero-order chi connectivity index (χ0) is 26.9. The van der Waals surface area contributed by atoms with Crippen LogP contribution in [0.25, 0.3) is 0 Å². The van der Waals surface area contributed by atoms with Gasteiger partial charge in [-0.15, -0.1) is 0 Å². The Hall–Kier alpha value is -2.30. The van der Waals surface area contributed by atoms with Crippen LogP contribution in [-0.4, -0.2) is 57.6 Å². The molecule has 0 aliphatic heterocycles. The summed E-state index contributed by atoms with van der Waals surface area (Å²) in [6.07, 6.45) is 2.22. The number of sulfonamides is 1. The van der Waals surface area contributed by atoms with E-state index in [0.717, 1.165) is 22.7 Å². The molecule has 0 aromatic heterocycles. The number of hydrogen-bond acceptors (Lipinski definition) is 5. The summed E-state index contributed by atoms with van der Waals surface area (Å²) in [5, 5.41) is 3.13. The summed E-state index contributed by atoms with van der Waals surface area (Å²) in [4.78, 5) is 27.5. The third-order valence-corrected chi connectivity index (χ3v) is 7.58. The van der Waals surface area contributed by atoms with Crippen molar-refractivity contribution in [3.8, 4) is 5.75 Å². The highest BCUT2D eigenvalue weighted by atomic mass is 79.9. The van der Waals surface area contributed by atoms with Crippen LogP contribution in [0.2, 0.25) is 5.02 Å². The first kappa shape index (κ1) is 29.9. The van der Waals surface area contributed by atoms with E-state index in [9.17, 15) is 18.0 Å². The summed E-state index contributed by atoms with van der Waals surface area (Å²) in [5.41, 5.74) is 1.27. The molecule has 0 radical (unpaired) electrons. The Morgan fingerprint density at radius 1 is 1.17 bits per heavy atom. The van der Waals surface area contributed by atoms with Crippen molar-refractivity contribution in [1.29, 1.82) is 0 Å². The van der Waals surface area contributed by atoms with E-state index < -0.39 is 16.1 Å². The highest BCUT2D eigenvalue weighted by Gasteiger charge is 2.26. The second-order valence-corrected chi connectivity index (χ2v) is 11.6. The number of hydrogen-bond donors (Lipinski definition) is 1. The summed E-state index contributed by atoms with van der Waals surface area (Å²) in [7, 11) is -2.15. The van der Waals surface area contributed by atoms with Crippen molar-refractivity contribution in [2.24, 2.45) is 0 Å². The zero-order valence-electron chi connectivity index (χ0n) is 21.0. The first-order valence-electron chi connectivity index (χ1n) is 11.6. The molecule has 0 unspecified atom stereocenters. The molecule has 0 aliphatic rings. The molecule has 0 saturated carbocycles. The quantitative estimate of drug-likeness (QED) is 0.362. The van der Waals surface area contributed by atoms with Crippen LogP contribution in [-0.2, 0) is 26.2 Å². The molecule has 2 amide bonds. The second kappa shape index (κ2) is 13.9. The third kappa shape index (κ3) is 8.67. The molecule has 0 fully saturated rings. The van der Waals surface area contributed by atoms with E-state index in [-0.39, 0.29) is 42.8 Å². The van der Waals surface area contributed by atoms with E-state index in [2.05, 4.69) is 21.2 Å². The molecule has 11 heteroatoms. The molecular weight excluding hydrogens is 570 g/mol. The molecule has 2 rings (SSSR count). The van der Waals surface area contributed by atoms with Crippen molar-refractivity contribution in [3.63, 3.8) is 0 Å². The normalized spacial score (nSPS) is 12.1. The molecule has 0 aliphatic carbocycles. The van der Waals surface area contributed by atoms with E-state index in [4.69, 9.17) is 16.3 Å². The number of anilines is 1. The average Bonchev–Trinajstić information content (AvgIpc) is 2.83. The van der Waals surface area contributed by atoms with Crippen LogP contribution in [0.5, 0.6) is 5.75 Å².